The number of nitrogens with zero attached hydrogens (tertiary/aromatic N) is 2. The lowest BCUT2D eigenvalue weighted by Crippen LogP contribution is -2.21. The van der Waals surface area contributed by atoms with Crippen molar-refractivity contribution in [2.45, 2.75) is 6.54 Å². The fraction of sp³-hybridized carbons (Fsp3) is 0.0625. The molecule has 0 radical (unpaired) electrons. The average Bonchev–Trinajstić information content (AvgIpc) is 3.24. The second kappa shape index (κ2) is 6.82. The highest BCUT2D eigenvalue weighted by atomic mass is 32.1. The lowest BCUT2D eigenvalue weighted by Gasteiger charge is -2.06. The summed E-state index contributed by atoms with van der Waals surface area (Å²) < 4.78 is 5.13. The molecule has 0 unspecified atom stereocenters. The molecule has 6 heteroatoms. The Balaban J connectivity index is 1.66. The maximum Gasteiger partial charge on any atom is 0.244 e. The van der Waals surface area contributed by atoms with Gasteiger partial charge in [0.15, 0.2) is 0 Å². The van der Waals surface area contributed by atoms with Gasteiger partial charge in [0.2, 0.25) is 5.91 Å². The fourth-order valence-corrected chi connectivity index (χ4v) is 2.55. The number of amides is 1. The average molecular weight is 311 g/mol. The zero-order valence-corrected chi connectivity index (χ0v) is 12.4. The number of carbonyl (C=O) groups is 1. The van der Waals surface area contributed by atoms with Crippen LogP contribution in [0, 0.1) is 0 Å². The molecule has 3 aromatic rings. The lowest BCUT2D eigenvalue weighted by atomic mass is 10.2. The van der Waals surface area contributed by atoms with E-state index in [1.807, 2.05) is 16.8 Å². The molecule has 0 atom stereocenters. The molecule has 1 N–H and O–H groups in total. The molecule has 3 rings (SSSR count). The van der Waals surface area contributed by atoms with Crippen LogP contribution in [0.25, 0.3) is 17.3 Å². The Labute approximate surface area is 131 Å². The van der Waals surface area contributed by atoms with Crippen LogP contribution in [0.2, 0.25) is 0 Å². The van der Waals surface area contributed by atoms with Crippen LogP contribution in [0.5, 0.6) is 0 Å². The summed E-state index contributed by atoms with van der Waals surface area (Å²) >= 11 is 1.60. The molecule has 0 aliphatic rings. The second-order valence-electron chi connectivity index (χ2n) is 4.43. The first-order valence-corrected chi connectivity index (χ1v) is 7.59. The zero-order valence-electron chi connectivity index (χ0n) is 11.6. The van der Waals surface area contributed by atoms with Crippen LogP contribution in [0.15, 0.2) is 58.1 Å². The van der Waals surface area contributed by atoms with Gasteiger partial charge in [-0.1, -0.05) is 0 Å². The Bertz CT molecular complexity index is 765. The molecule has 22 heavy (non-hydrogen) atoms. The normalized spacial score (nSPS) is 10.9. The molecule has 0 saturated carbocycles. The van der Waals surface area contributed by atoms with Crippen molar-refractivity contribution in [1.29, 1.82) is 0 Å². The minimum Gasteiger partial charge on any atom is -0.465 e. The predicted octanol–water partition coefficient (Wildman–Crippen LogP) is 3.13. The fourth-order valence-electron chi connectivity index (χ4n) is 1.91. The van der Waals surface area contributed by atoms with Crippen LogP contribution in [-0.2, 0) is 11.3 Å². The monoisotopic (exact) mass is 311 g/mol. The first-order chi connectivity index (χ1) is 10.8. The van der Waals surface area contributed by atoms with E-state index in [4.69, 9.17) is 4.42 Å². The highest BCUT2D eigenvalue weighted by Crippen LogP contribution is 2.22. The van der Waals surface area contributed by atoms with E-state index in [1.54, 1.807) is 48.2 Å². The van der Waals surface area contributed by atoms with Crippen LogP contribution in [0.3, 0.4) is 0 Å². The van der Waals surface area contributed by atoms with Crippen molar-refractivity contribution in [3.05, 3.63) is 65.1 Å². The topological polar surface area (TPSA) is 68.0 Å². The van der Waals surface area contributed by atoms with Crippen LogP contribution < -0.4 is 5.32 Å². The molecule has 0 bridgehead atoms. The van der Waals surface area contributed by atoms with E-state index in [0.29, 0.717) is 12.3 Å². The number of nitrogens with one attached hydrogen (secondary N) is 1. The Hall–Kier alpha value is -2.73. The molecule has 0 aliphatic carbocycles. The Kier molecular flexibility index (Phi) is 4.41. The number of hydrogen-bond acceptors (Lipinski definition) is 5. The largest absolute Gasteiger partial charge is 0.465 e. The van der Waals surface area contributed by atoms with Gasteiger partial charge in [-0.15, -0.1) is 0 Å². The van der Waals surface area contributed by atoms with E-state index in [9.17, 15) is 4.79 Å². The molecular weight excluding hydrogens is 298 g/mol. The summed E-state index contributed by atoms with van der Waals surface area (Å²) in [5.74, 6) is 0.423. The van der Waals surface area contributed by atoms with Gasteiger partial charge >= 0.3 is 0 Å². The second-order valence-corrected chi connectivity index (χ2v) is 5.21. The molecule has 3 heterocycles. The van der Waals surface area contributed by atoms with Crippen LogP contribution >= 0.6 is 11.3 Å². The van der Waals surface area contributed by atoms with Gasteiger partial charge in [0.25, 0.3) is 0 Å². The van der Waals surface area contributed by atoms with E-state index in [2.05, 4.69) is 15.3 Å². The van der Waals surface area contributed by atoms with Gasteiger partial charge in [0.05, 0.1) is 24.2 Å². The van der Waals surface area contributed by atoms with Crippen molar-refractivity contribution in [1.82, 2.24) is 15.3 Å². The van der Waals surface area contributed by atoms with E-state index >= 15 is 0 Å². The summed E-state index contributed by atoms with van der Waals surface area (Å²) in [4.78, 5) is 20.5. The SMILES string of the molecule is O=C(/C=C/c1ccco1)NCc1nccnc1-c1ccsc1. The smallest absolute Gasteiger partial charge is 0.244 e. The minimum absolute atomic E-state index is 0.210. The van der Waals surface area contributed by atoms with E-state index < -0.39 is 0 Å². The maximum atomic E-state index is 11.8. The number of furan rings is 1. The third-order valence-corrected chi connectivity index (χ3v) is 3.62. The summed E-state index contributed by atoms with van der Waals surface area (Å²) in [5.41, 5.74) is 2.54. The standard InChI is InChI=1S/C16H13N3O2S/c20-15(4-3-13-2-1-8-21-13)19-10-14-16(18-7-6-17-14)12-5-9-22-11-12/h1-9,11H,10H2,(H,19,20)/b4-3+. The molecule has 1 amide bonds. The number of thiophene rings is 1. The van der Waals surface area contributed by atoms with E-state index in [1.165, 1.54) is 6.08 Å². The van der Waals surface area contributed by atoms with Gasteiger partial charge in [-0.05, 0) is 29.7 Å². The van der Waals surface area contributed by atoms with Gasteiger partial charge in [-0.3, -0.25) is 14.8 Å². The Morgan fingerprint density at radius 3 is 3.00 bits per heavy atom. The quantitative estimate of drug-likeness (QED) is 0.735. The molecule has 0 saturated heterocycles. The minimum atomic E-state index is -0.210. The van der Waals surface area contributed by atoms with Crippen molar-refractivity contribution < 1.29 is 9.21 Å². The van der Waals surface area contributed by atoms with Crippen molar-refractivity contribution in [3.8, 4) is 11.3 Å². The maximum absolute atomic E-state index is 11.8. The van der Waals surface area contributed by atoms with Gasteiger partial charge in [-0.25, -0.2) is 0 Å². The Morgan fingerprint density at radius 1 is 1.32 bits per heavy atom. The molecular formula is C16H13N3O2S. The van der Waals surface area contributed by atoms with Gasteiger partial charge in [0.1, 0.15) is 5.76 Å². The number of hydrogen-bond donors (Lipinski definition) is 1. The van der Waals surface area contributed by atoms with Gasteiger partial charge < -0.3 is 9.73 Å². The number of rotatable bonds is 5. The molecule has 0 fully saturated rings. The van der Waals surface area contributed by atoms with E-state index in [0.717, 1.165) is 17.0 Å². The first-order valence-electron chi connectivity index (χ1n) is 6.65. The summed E-state index contributed by atoms with van der Waals surface area (Å²) in [6.07, 6.45) is 7.88. The Morgan fingerprint density at radius 2 is 2.23 bits per heavy atom. The van der Waals surface area contributed by atoms with Crippen LogP contribution in [0.1, 0.15) is 11.5 Å². The van der Waals surface area contributed by atoms with Crippen LogP contribution in [0.4, 0.5) is 0 Å². The van der Waals surface area contributed by atoms with Crippen molar-refractivity contribution in [2.24, 2.45) is 0 Å². The van der Waals surface area contributed by atoms with E-state index in [-0.39, 0.29) is 5.91 Å². The summed E-state index contributed by atoms with van der Waals surface area (Å²) in [5, 5.41) is 6.79. The van der Waals surface area contributed by atoms with Crippen molar-refractivity contribution >= 4 is 23.3 Å². The van der Waals surface area contributed by atoms with Crippen molar-refractivity contribution in [3.63, 3.8) is 0 Å². The molecule has 0 spiro atoms. The number of aromatic nitrogens is 2. The van der Waals surface area contributed by atoms with Crippen molar-refractivity contribution in [2.75, 3.05) is 0 Å². The zero-order chi connectivity index (χ0) is 15.2. The third-order valence-electron chi connectivity index (χ3n) is 2.94. The predicted molar refractivity (Wildman–Crippen MR) is 84.9 cm³/mol. The summed E-state index contributed by atoms with van der Waals surface area (Å²) in [6, 6.07) is 5.53. The lowest BCUT2D eigenvalue weighted by molar-refractivity contribution is -0.116. The first kappa shape index (κ1) is 14.2. The highest BCUT2D eigenvalue weighted by molar-refractivity contribution is 7.08. The molecule has 0 aromatic carbocycles. The number of carbonyl (C=O) groups excluding carboxylic acids is 1. The summed E-state index contributed by atoms with van der Waals surface area (Å²) in [7, 11) is 0. The molecule has 0 aliphatic heterocycles. The van der Waals surface area contributed by atoms with Crippen LogP contribution in [-0.4, -0.2) is 15.9 Å². The van der Waals surface area contributed by atoms with Gasteiger partial charge in [-0.2, -0.15) is 11.3 Å². The van der Waals surface area contributed by atoms with Gasteiger partial charge in [0, 0.05) is 29.4 Å². The highest BCUT2D eigenvalue weighted by Gasteiger charge is 2.08. The molecule has 3 aromatic heterocycles. The summed E-state index contributed by atoms with van der Waals surface area (Å²) in [6.45, 7) is 0.320. The third kappa shape index (κ3) is 3.48. The molecule has 5 nitrogen and oxygen atoms in total. The molecule has 110 valence electrons.